The molecule has 1 aliphatic rings. The molecule has 0 spiro atoms. The maximum absolute atomic E-state index is 12.2. The van der Waals surface area contributed by atoms with Crippen molar-refractivity contribution in [3.63, 3.8) is 0 Å². The van der Waals surface area contributed by atoms with E-state index in [2.05, 4.69) is 34.1 Å². The lowest BCUT2D eigenvalue weighted by molar-refractivity contribution is -0.128. The van der Waals surface area contributed by atoms with Crippen molar-refractivity contribution in [1.82, 2.24) is 14.3 Å². The van der Waals surface area contributed by atoms with Gasteiger partial charge in [0.15, 0.2) is 5.82 Å². The number of nitrogens with two attached hydrogens (primary N) is 1. The predicted octanol–water partition coefficient (Wildman–Crippen LogP) is 2.78. The topological polar surface area (TPSA) is 113 Å². The average Bonchev–Trinajstić information content (AvgIpc) is 3.32. The number of carbonyl (C=O) groups is 1. The van der Waals surface area contributed by atoms with Crippen molar-refractivity contribution in [2.75, 3.05) is 61.6 Å². The van der Waals surface area contributed by atoms with E-state index < -0.39 is 20.7 Å². The molecule has 1 aliphatic heterocycles. The molecule has 1 aromatic heterocycles. The number of rotatable bonds is 8. The monoisotopic (exact) mass is 548 g/mol. The van der Waals surface area contributed by atoms with Gasteiger partial charge in [0.05, 0.1) is 0 Å². The summed E-state index contributed by atoms with van der Waals surface area (Å²) in [7, 11) is 5.39. The van der Waals surface area contributed by atoms with Crippen LogP contribution in [0.1, 0.15) is 22.9 Å². The van der Waals surface area contributed by atoms with Crippen LogP contribution in [0, 0.1) is 0 Å². The van der Waals surface area contributed by atoms with Crippen LogP contribution in [-0.2, 0) is 20.3 Å². The first-order chi connectivity index (χ1) is 17.1. The molecule has 1 unspecified atom stereocenters. The van der Waals surface area contributed by atoms with Crippen molar-refractivity contribution in [2.24, 2.45) is 0 Å². The van der Waals surface area contributed by atoms with E-state index in [9.17, 15) is 13.2 Å². The fourth-order valence-electron chi connectivity index (χ4n) is 4.13. The van der Waals surface area contributed by atoms with Gasteiger partial charge in [-0.2, -0.15) is 4.37 Å². The zero-order valence-electron chi connectivity index (χ0n) is 20.2. The quantitative estimate of drug-likeness (QED) is 0.338. The number of hydrogen-bond acceptors (Lipinski definition) is 9. The number of piperazine rings is 1. The van der Waals surface area contributed by atoms with Crippen LogP contribution in [0.4, 0.5) is 16.5 Å². The van der Waals surface area contributed by atoms with Crippen molar-refractivity contribution in [3.05, 3.63) is 65.5 Å². The molecule has 1 fully saturated rings. The van der Waals surface area contributed by atoms with Crippen molar-refractivity contribution >= 4 is 53.7 Å². The molecular weight excluding hydrogens is 520 g/mol. The van der Waals surface area contributed by atoms with Gasteiger partial charge in [0.25, 0.3) is 0 Å². The molecule has 2 N–H and O–H groups in total. The van der Waals surface area contributed by atoms with Gasteiger partial charge in [-0.1, -0.05) is 24.3 Å². The van der Waals surface area contributed by atoms with E-state index in [-0.39, 0.29) is 5.92 Å². The Hall–Kier alpha value is -2.89. The van der Waals surface area contributed by atoms with Crippen LogP contribution in [0.5, 0.6) is 0 Å². The summed E-state index contributed by atoms with van der Waals surface area (Å²) in [5.41, 5.74) is 10.0. The Balaban J connectivity index is 1.50. The van der Waals surface area contributed by atoms with E-state index in [1.165, 1.54) is 22.0 Å². The highest BCUT2D eigenvalue weighted by atomic mass is 35.7. The highest BCUT2D eigenvalue weighted by molar-refractivity contribution is 8.14. The molecule has 2 aromatic carbocycles. The Bertz CT molecular complexity index is 1290. The third-order valence-electron chi connectivity index (χ3n) is 6.17. The van der Waals surface area contributed by atoms with E-state index in [4.69, 9.17) is 25.8 Å². The lowest BCUT2D eigenvalue weighted by Crippen LogP contribution is -2.50. The molecule has 0 bridgehead atoms. The summed E-state index contributed by atoms with van der Waals surface area (Å²) in [4.78, 5) is 22.7. The van der Waals surface area contributed by atoms with E-state index >= 15 is 0 Å². The molecule has 0 saturated carbocycles. The number of benzene rings is 2. The fraction of sp³-hybridized carbons (Fsp3) is 0.375. The number of nitrogens with zero attached hydrogens (tertiary/aromatic N) is 5. The van der Waals surface area contributed by atoms with Gasteiger partial charge in [-0.25, -0.2) is 13.4 Å². The SMILES string of the molecule is CN(C)c1ccc(CC(c2ccc(N)cc2)c2nsc(N3CCN(C(=O)CS(=O)(=O)Cl)CC3)n2)cc1. The summed E-state index contributed by atoms with van der Waals surface area (Å²) < 4.78 is 27.2. The minimum Gasteiger partial charge on any atom is -0.399 e. The van der Waals surface area contributed by atoms with Gasteiger partial charge in [-0.3, -0.25) is 4.79 Å². The highest BCUT2D eigenvalue weighted by Crippen LogP contribution is 2.31. The van der Waals surface area contributed by atoms with Crippen LogP contribution >= 0.6 is 22.2 Å². The van der Waals surface area contributed by atoms with Crippen LogP contribution in [0.15, 0.2) is 48.5 Å². The molecule has 1 saturated heterocycles. The molecule has 9 nitrogen and oxygen atoms in total. The van der Waals surface area contributed by atoms with E-state index in [1.54, 1.807) is 0 Å². The van der Waals surface area contributed by atoms with Gasteiger partial charge in [0.1, 0.15) is 5.75 Å². The fourth-order valence-corrected chi connectivity index (χ4v) is 5.67. The number of carbonyl (C=O) groups excluding carboxylic acids is 1. The highest BCUT2D eigenvalue weighted by Gasteiger charge is 2.27. The summed E-state index contributed by atoms with van der Waals surface area (Å²) in [5.74, 6) is -0.469. The first-order valence-electron chi connectivity index (χ1n) is 11.5. The standard InChI is InChI=1S/C24H29ClN6O3S2/c1-29(2)20-9-3-17(4-10-20)15-21(18-5-7-19(26)8-6-18)23-27-24(35-28-23)31-13-11-30(12-14-31)22(32)16-36(25,33)34/h3-10,21H,11-16,26H2,1-2H3. The summed E-state index contributed by atoms with van der Waals surface area (Å²) >= 11 is 1.33. The lowest BCUT2D eigenvalue weighted by atomic mass is 9.91. The average molecular weight is 549 g/mol. The van der Waals surface area contributed by atoms with Gasteiger partial charge >= 0.3 is 0 Å². The Kier molecular flexibility index (Phi) is 8.01. The summed E-state index contributed by atoms with van der Waals surface area (Å²) in [6.07, 6.45) is 0.739. The number of hydrogen-bond donors (Lipinski definition) is 1. The van der Waals surface area contributed by atoms with E-state index in [0.717, 1.165) is 28.6 Å². The largest absolute Gasteiger partial charge is 0.399 e. The molecule has 1 atom stereocenters. The van der Waals surface area contributed by atoms with Crippen molar-refractivity contribution < 1.29 is 13.2 Å². The molecule has 192 valence electrons. The van der Waals surface area contributed by atoms with Crippen LogP contribution in [-0.4, -0.2) is 74.6 Å². The van der Waals surface area contributed by atoms with Gasteiger partial charge in [0, 0.05) is 79.8 Å². The van der Waals surface area contributed by atoms with Gasteiger partial charge in [-0.15, -0.1) is 0 Å². The Morgan fingerprint density at radius 1 is 1.08 bits per heavy atom. The zero-order valence-corrected chi connectivity index (χ0v) is 22.6. The zero-order chi connectivity index (χ0) is 25.9. The van der Waals surface area contributed by atoms with Crippen molar-refractivity contribution in [2.45, 2.75) is 12.3 Å². The molecule has 1 amide bonds. The second kappa shape index (κ2) is 11.0. The number of aromatic nitrogens is 2. The molecule has 0 radical (unpaired) electrons. The Labute approximate surface area is 220 Å². The number of halogens is 1. The van der Waals surface area contributed by atoms with E-state index in [0.29, 0.717) is 31.9 Å². The summed E-state index contributed by atoms with van der Waals surface area (Å²) in [6.45, 7) is 1.89. The molecule has 2 heterocycles. The van der Waals surface area contributed by atoms with E-state index in [1.807, 2.05) is 38.4 Å². The number of anilines is 3. The maximum Gasteiger partial charge on any atom is 0.241 e. The molecular formula is C24H29ClN6O3S2. The normalized spacial score (nSPS) is 15.1. The third-order valence-corrected chi connectivity index (χ3v) is 7.88. The minimum atomic E-state index is -3.87. The number of amides is 1. The Morgan fingerprint density at radius 3 is 2.31 bits per heavy atom. The van der Waals surface area contributed by atoms with Crippen molar-refractivity contribution in [3.8, 4) is 0 Å². The summed E-state index contributed by atoms with van der Waals surface area (Å²) in [6, 6.07) is 16.3. The molecule has 12 heteroatoms. The Morgan fingerprint density at radius 2 is 1.72 bits per heavy atom. The molecule has 0 aliphatic carbocycles. The van der Waals surface area contributed by atoms with Gasteiger partial charge < -0.3 is 20.4 Å². The van der Waals surface area contributed by atoms with Crippen molar-refractivity contribution in [1.29, 1.82) is 0 Å². The first kappa shape index (κ1) is 26.2. The van der Waals surface area contributed by atoms with Crippen LogP contribution in [0.3, 0.4) is 0 Å². The lowest BCUT2D eigenvalue weighted by Gasteiger charge is -2.34. The smallest absolute Gasteiger partial charge is 0.241 e. The maximum atomic E-state index is 12.2. The second-order valence-electron chi connectivity index (χ2n) is 8.97. The van der Waals surface area contributed by atoms with Crippen LogP contribution in [0.25, 0.3) is 0 Å². The van der Waals surface area contributed by atoms with Gasteiger partial charge in [0.2, 0.25) is 20.1 Å². The van der Waals surface area contributed by atoms with Gasteiger partial charge in [-0.05, 0) is 41.8 Å². The molecule has 36 heavy (non-hydrogen) atoms. The summed E-state index contributed by atoms with van der Waals surface area (Å²) in [5, 5.41) is 0.783. The second-order valence-corrected chi connectivity index (χ2v) is 12.5. The number of nitrogen functional groups attached to an aromatic ring is 1. The van der Waals surface area contributed by atoms with Crippen LogP contribution in [0.2, 0.25) is 0 Å². The predicted molar refractivity (Wildman–Crippen MR) is 146 cm³/mol. The minimum absolute atomic E-state index is 0.0439. The first-order valence-corrected chi connectivity index (χ1v) is 14.7. The molecule has 3 aromatic rings. The van der Waals surface area contributed by atoms with Crippen LogP contribution < -0.4 is 15.5 Å². The third kappa shape index (κ3) is 6.65. The molecule has 4 rings (SSSR count).